The highest BCUT2D eigenvalue weighted by atomic mass is 16.5. The average molecular weight is 308 g/mol. The van der Waals surface area contributed by atoms with Gasteiger partial charge in [0.05, 0.1) is 16.8 Å². The Bertz CT molecular complexity index is 767. The fourth-order valence-electron chi connectivity index (χ4n) is 2.86. The van der Waals surface area contributed by atoms with Crippen molar-refractivity contribution in [1.82, 2.24) is 15.0 Å². The Hall–Kier alpha value is -2.90. The molecule has 0 aliphatic carbocycles. The van der Waals surface area contributed by atoms with Crippen molar-refractivity contribution in [2.24, 2.45) is 0 Å². The molecule has 3 rings (SSSR count). The smallest absolute Gasteiger partial charge is 0.245 e. The van der Waals surface area contributed by atoms with E-state index in [1.165, 1.54) is 0 Å². The molecular formula is C16H16N6O. The second-order valence-electron chi connectivity index (χ2n) is 5.55. The van der Waals surface area contributed by atoms with Crippen LogP contribution >= 0.6 is 0 Å². The lowest BCUT2D eigenvalue weighted by atomic mass is 10.0. The predicted octanol–water partition coefficient (Wildman–Crippen LogP) is 1.61. The van der Waals surface area contributed by atoms with E-state index in [4.69, 9.17) is 4.52 Å². The Balaban J connectivity index is 1.96. The maximum absolute atomic E-state index is 9.37. The number of piperazine rings is 1. The molecule has 0 N–H and O–H groups in total. The van der Waals surface area contributed by atoms with Gasteiger partial charge in [-0.3, -0.25) is 4.90 Å². The van der Waals surface area contributed by atoms with Crippen LogP contribution in [0.4, 0.5) is 5.69 Å². The number of hydrogen-bond donors (Lipinski definition) is 0. The molecule has 116 valence electrons. The third-order valence-corrected chi connectivity index (χ3v) is 4.07. The SMILES string of the molecule is Cc1noc(C2CN(c3c(C#N)cccc3C#N)CCN2C)n1. The summed E-state index contributed by atoms with van der Waals surface area (Å²) in [6.45, 7) is 3.88. The zero-order valence-electron chi connectivity index (χ0n) is 13.0. The van der Waals surface area contributed by atoms with E-state index in [0.717, 1.165) is 13.1 Å². The monoisotopic (exact) mass is 308 g/mol. The van der Waals surface area contributed by atoms with E-state index < -0.39 is 0 Å². The molecule has 0 saturated carbocycles. The minimum Gasteiger partial charge on any atom is -0.366 e. The van der Waals surface area contributed by atoms with Gasteiger partial charge in [-0.2, -0.15) is 15.5 Å². The van der Waals surface area contributed by atoms with Gasteiger partial charge < -0.3 is 9.42 Å². The summed E-state index contributed by atoms with van der Waals surface area (Å²) in [5.41, 5.74) is 1.70. The van der Waals surface area contributed by atoms with Crippen molar-refractivity contribution >= 4 is 5.69 Å². The van der Waals surface area contributed by atoms with Crippen molar-refractivity contribution in [3.63, 3.8) is 0 Å². The van der Waals surface area contributed by atoms with Gasteiger partial charge in [0, 0.05) is 19.6 Å². The second kappa shape index (κ2) is 6.07. The summed E-state index contributed by atoms with van der Waals surface area (Å²) in [6, 6.07) is 9.50. The largest absolute Gasteiger partial charge is 0.366 e. The summed E-state index contributed by atoms with van der Waals surface area (Å²) in [7, 11) is 2.00. The summed E-state index contributed by atoms with van der Waals surface area (Å²) in [5, 5.41) is 22.6. The van der Waals surface area contributed by atoms with Crippen molar-refractivity contribution in [1.29, 1.82) is 10.5 Å². The molecule has 2 aromatic rings. The summed E-state index contributed by atoms with van der Waals surface area (Å²) in [4.78, 5) is 8.52. The molecule has 1 fully saturated rings. The minimum absolute atomic E-state index is 0.0664. The molecule has 23 heavy (non-hydrogen) atoms. The molecule has 1 aliphatic heterocycles. The molecule has 0 amide bonds. The van der Waals surface area contributed by atoms with E-state index in [1.807, 2.05) is 7.05 Å². The van der Waals surface area contributed by atoms with Crippen molar-refractivity contribution in [3.8, 4) is 12.1 Å². The number of likely N-dealkylation sites (N-methyl/N-ethyl adjacent to an activating group) is 1. The van der Waals surface area contributed by atoms with Crippen molar-refractivity contribution in [3.05, 3.63) is 41.0 Å². The third kappa shape index (κ3) is 2.75. The van der Waals surface area contributed by atoms with Gasteiger partial charge in [0.2, 0.25) is 5.89 Å². The molecule has 1 aromatic heterocycles. The summed E-state index contributed by atoms with van der Waals surface area (Å²) in [6.07, 6.45) is 0. The topological polar surface area (TPSA) is 93.0 Å². The fourth-order valence-corrected chi connectivity index (χ4v) is 2.86. The number of nitriles is 2. The standard InChI is InChI=1S/C16H16N6O/c1-11-19-16(23-20-11)14-10-22(7-6-21(14)2)15-12(8-17)4-3-5-13(15)9-18/h3-5,14H,6-7,10H2,1-2H3. The molecule has 0 bridgehead atoms. The van der Waals surface area contributed by atoms with Gasteiger partial charge in [-0.1, -0.05) is 11.2 Å². The van der Waals surface area contributed by atoms with Crippen LogP contribution in [0.2, 0.25) is 0 Å². The van der Waals surface area contributed by atoms with Crippen LogP contribution < -0.4 is 4.90 Å². The molecule has 0 spiro atoms. The second-order valence-corrected chi connectivity index (χ2v) is 5.55. The minimum atomic E-state index is -0.0664. The Morgan fingerprint density at radius 3 is 2.48 bits per heavy atom. The van der Waals surface area contributed by atoms with Crippen LogP contribution in [0.3, 0.4) is 0 Å². The van der Waals surface area contributed by atoms with E-state index in [-0.39, 0.29) is 6.04 Å². The highest BCUT2D eigenvalue weighted by Gasteiger charge is 2.31. The van der Waals surface area contributed by atoms with Crippen LogP contribution in [0.1, 0.15) is 28.9 Å². The maximum Gasteiger partial charge on any atom is 0.245 e. The van der Waals surface area contributed by atoms with Crippen molar-refractivity contribution in [2.45, 2.75) is 13.0 Å². The number of hydrogen-bond acceptors (Lipinski definition) is 7. The van der Waals surface area contributed by atoms with Crippen molar-refractivity contribution in [2.75, 3.05) is 31.6 Å². The van der Waals surface area contributed by atoms with Crippen LogP contribution in [0.15, 0.2) is 22.7 Å². The van der Waals surface area contributed by atoms with E-state index >= 15 is 0 Å². The van der Waals surface area contributed by atoms with Gasteiger partial charge in [-0.15, -0.1) is 0 Å². The molecule has 1 aliphatic rings. The number of aryl methyl sites for hydroxylation is 1. The van der Waals surface area contributed by atoms with Gasteiger partial charge in [-0.05, 0) is 26.1 Å². The zero-order chi connectivity index (χ0) is 16.4. The molecule has 1 aromatic carbocycles. The summed E-state index contributed by atoms with van der Waals surface area (Å²) < 4.78 is 5.31. The number of nitrogens with zero attached hydrogens (tertiary/aromatic N) is 6. The zero-order valence-corrected chi connectivity index (χ0v) is 13.0. The first-order chi connectivity index (χ1) is 11.1. The van der Waals surface area contributed by atoms with Crippen LogP contribution in [0.5, 0.6) is 0 Å². The highest BCUT2D eigenvalue weighted by molar-refractivity contribution is 5.68. The predicted molar refractivity (Wildman–Crippen MR) is 82.5 cm³/mol. The lowest BCUT2D eigenvalue weighted by Crippen LogP contribution is -2.47. The average Bonchev–Trinajstić information content (AvgIpc) is 3.00. The highest BCUT2D eigenvalue weighted by Crippen LogP contribution is 2.31. The van der Waals surface area contributed by atoms with Crippen molar-refractivity contribution < 1.29 is 4.52 Å². The van der Waals surface area contributed by atoms with Crippen LogP contribution in [-0.2, 0) is 0 Å². The van der Waals surface area contributed by atoms with E-state index in [0.29, 0.717) is 35.1 Å². The Labute approximate surface area is 134 Å². The number of benzene rings is 1. The van der Waals surface area contributed by atoms with Gasteiger partial charge in [-0.25, -0.2) is 0 Å². The van der Waals surface area contributed by atoms with E-state index in [9.17, 15) is 10.5 Å². The van der Waals surface area contributed by atoms with Gasteiger partial charge in [0.25, 0.3) is 0 Å². The molecule has 1 unspecified atom stereocenters. The fraction of sp³-hybridized carbons (Fsp3) is 0.375. The Kier molecular flexibility index (Phi) is 3.96. The Morgan fingerprint density at radius 2 is 1.91 bits per heavy atom. The van der Waals surface area contributed by atoms with E-state index in [1.54, 1.807) is 25.1 Å². The normalized spacial score (nSPS) is 18.4. The lowest BCUT2D eigenvalue weighted by molar-refractivity contribution is 0.177. The molecule has 0 radical (unpaired) electrons. The molecule has 2 heterocycles. The number of aromatic nitrogens is 2. The summed E-state index contributed by atoms with van der Waals surface area (Å²) in [5.74, 6) is 1.16. The quantitative estimate of drug-likeness (QED) is 0.832. The lowest BCUT2D eigenvalue weighted by Gasteiger charge is -2.39. The third-order valence-electron chi connectivity index (χ3n) is 4.07. The maximum atomic E-state index is 9.37. The van der Waals surface area contributed by atoms with Crippen LogP contribution in [0, 0.1) is 29.6 Å². The van der Waals surface area contributed by atoms with Crippen LogP contribution in [0.25, 0.3) is 0 Å². The van der Waals surface area contributed by atoms with Gasteiger partial charge in [0.15, 0.2) is 5.82 Å². The first-order valence-corrected chi connectivity index (χ1v) is 7.32. The van der Waals surface area contributed by atoms with Crippen LogP contribution in [-0.4, -0.2) is 41.7 Å². The number of rotatable bonds is 2. The molecule has 7 nitrogen and oxygen atoms in total. The van der Waals surface area contributed by atoms with Gasteiger partial charge in [0.1, 0.15) is 18.2 Å². The number of anilines is 1. The molecule has 1 atom stereocenters. The Morgan fingerprint density at radius 1 is 1.22 bits per heavy atom. The van der Waals surface area contributed by atoms with Gasteiger partial charge >= 0.3 is 0 Å². The summed E-state index contributed by atoms with van der Waals surface area (Å²) >= 11 is 0. The first-order valence-electron chi connectivity index (χ1n) is 7.32. The number of para-hydroxylation sites is 1. The molecule has 1 saturated heterocycles. The first kappa shape index (κ1) is 15.0. The molecule has 7 heteroatoms. The van der Waals surface area contributed by atoms with E-state index in [2.05, 4.69) is 32.1 Å². The molecular weight excluding hydrogens is 292 g/mol.